The molecule has 0 bridgehead atoms. The summed E-state index contributed by atoms with van der Waals surface area (Å²) in [6, 6.07) is 13.4. The van der Waals surface area contributed by atoms with Crippen molar-refractivity contribution in [2.24, 2.45) is 0 Å². The van der Waals surface area contributed by atoms with Crippen molar-refractivity contribution >= 4 is 29.1 Å². The zero-order valence-electron chi connectivity index (χ0n) is 20.2. The second-order valence-corrected chi connectivity index (χ2v) is 9.59. The molecule has 0 unspecified atom stereocenters. The van der Waals surface area contributed by atoms with Gasteiger partial charge in [0, 0.05) is 62.5 Å². The molecule has 1 saturated heterocycles. The van der Waals surface area contributed by atoms with E-state index >= 15 is 0 Å². The van der Waals surface area contributed by atoms with E-state index in [0.717, 1.165) is 17.1 Å². The number of nitrogens with zero attached hydrogens (tertiary/aromatic N) is 5. The molecule has 1 aromatic carbocycles. The topological polar surface area (TPSA) is 78.8 Å². The van der Waals surface area contributed by atoms with E-state index in [4.69, 9.17) is 0 Å². The van der Waals surface area contributed by atoms with Gasteiger partial charge < -0.3 is 19.3 Å². The lowest BCUT2D eigenvalue weighted by Gasteiger charge is -2.33. The Morgan fingerprint density at radius 2 is 1.71 bits per heavy atom. The van der Waals surface area contributed by atoms with Gasteiger partial charge in [-0.1, -0.05) is 25.1 Å². The highest BCUT2D eigenvalue weighted by atomic mass is 32.1. The van der Waals surface area contributed by atoms with Crippen molar-refractivity contribution in [3.8, 4) is 0 Å². The number of amides is 3. The largest absolute Gasteiger partial charge is 0.343 e. The van der Waals surface area contributed by atoms with E-state index in [2.05, 4.69) is 16.5 Å². The lowest BCUT2D eigenvalue weighted by Crippen LogP contribution is -2.50. The van der Waals surface area contributed by atoms with Crippen LogP contribution >= 0.6 is 11.3 Å². The number of rotatable bonds is 8. The minimum atomic E-state index is -0.0917. The monoisotopic (exact) mass is 493 g/mol. The fourth-order valence-corrected chi connectivity index (χ4v) is 5.01. The number of hydrogen-bond acceptors (Lipinski definition) is 5. The highest BCUT2D eigenvalue weighted by molar-refractivity contribution is 7.09. The molecule has 1 aliphatic rings. The van der Waals surface area contributed by atoms with Crippen LogP contribution in [-0.4, -0.2) is 74.7 Å². The second kappa shape index (κ2) is 11.3. The predicted molar refractivity (Wildman–Crippen MR) is 135 cm³/mol. The van der Waals surface area contributed by atoms with Crippen molar-refractivity contribution < 1.29 is 14.4 Å². The van der Waals surface area contributed by atoms with Gasteiger partial charge in [0.2, 0.25) is 5.91 Å². The predicted octanol–water partition coefficient (Wildman–Crippen LogP) is 3.35. The van der Waals surface area contributed by atoms with Gasteiger partial charge >= 0.3 is 0 Å². The number of carbonyl (C=O) groups is 3. The highest BCUT2D eigenvalue weighted by Gasteiger charge is 2.25. The maximum Gasteiger partial charge on any atom is 0.273 e. The quantitative estimate of drug-likeness (QED) is 0.482. The van der Waals surface area contributed by atoms with Crippen LogP contribution in [0.5, 0.6) is 0 Å². The summed E-state index contributed by atoms with van der Waals surface area (Å²) in [5, 5.41) is 2.64. The van der Waals surface area contributed by atoms with Crippen molar-refractivity contribution in [2.45, 2.75) is 33.4 Å². The Balaban J connectivity index is 1.41. The molecular formula is C26H31N5O3S. The van der Waals surface area contributed by atoms with Gasteiger partial charge in [-0.25, -0.2) is 4.98 Å². The van der Waals surface area contributed by atoms with E-state index in [1.165, 1.54) is 11.3 Å². The normalized spacial score (nSPS) is 13.7. The van der Waals surface area contributed by atoms with Gasteiger partial charge in [0.1, 0.15) is 10.7 Å². The Hall–Kier alpha value is -3.46. The summed E-state index contributed by atoms with van der Waals surface area (Å²) in [5.41, 5.74) is 2.15. The first-order valence-electron chi connectivity index (χ1n) is 11.9. The third-order valence-electron chi connectivity index (χ3n) is 6.17. The first kappa shape index (κ1) is 24.7. The van der Waals surface area contributed by atoms with Gasteiger partial charge in [-0.2, -0.15) is 0 Å². The molecule has 8 nitrogen and oxygen atoms in total. The van der Waals surface area contributed by atoms with Crippen LogP contribution in [0.15, 0.2) is 54.0 Å². The lowest BCUT2D eigenvalue weighted by molar-refractivity contribution is -0.130. The number of piperazine rings is 1. The van der Waals surface area contributed by atoms with E-state index in [-0.39, 0.29) is 17.7 Å². The minimum absolute atomic E-state index is 0.0206. The fourth-order valence-electron chi connectivity index (χ4n) is 4.24. The molecule has 0 aliphatic carbocycles. The molecule has 0 saturated carbocycles. The van der Waals surface area contributed by atoms with Crippen LogP contribution in [0.2, 0.25) is 0 Å². The van der Waals surface area contributed by atoms with E-state index in [1.807, 2.05) is 53.6 Å². The van der Waals surface area contributed by atoms with Crippen LogP contribution in [0.1, 0.15) is 51.8 Å². The molecule has 184 valence electrons. The van der Waals surface area contributed by atoms with Crippen LogP contribution in [0.25, 0.3) is 0 Å². The van der Waals surface area contributed by atoms with E-state index in [9.17, 15) is 14.4 Å². The van der Waals surface area contributed by atoms with Crippen molar-refractivity contribution in [1.82, 2.24) is 24.3 Å². The van der Waals surface area contributed by atoms with Crippen molar-refractivity contribution in [3.05, 3.63) is 76.0 Å². The Morgan fingerprint density at radius 3 is 2.40 bits per heavy atom. The summed E-state index contributed by atoms with van der Waals surface area (Å²) >= 11 is 1.46. The van der Waals surface area contributed by atoms with Gasteiger partial charge in [-0.3, -0.25) is 14.4 Å². The standard InChI is InChI=1S/C26H31N5O3S/c1-3-11-31(25(33)21-8-5-4-6-9-21)17-22-10-7-12-30(22)18-24-27-23(19-35-24)26(34)29-15-13-28(14-16-29)20(2)32/h4-10,12,19H,3,11,13-18H2,1-2H3. The maximum absolute atomic E-state index is 13.1. The van der Waals surface area contributed by atoms with Gasteiger partial charge in [-0.05, 0) is 30.7 Å². The van der Waals surface area contributed by atoms with Crippen LogP contribution < -0.4 is 0 Å². The molecular weight excluding hydrogens is 462 g/mol. The third-order valence-corrected chi connectivity index (χ3v) is 7.00. The minimum Gasteiger partial charge on any atom is -0.343 e. The van der Waals surface area contributed by atoms with Crippen molar-refractivity contribution in [1.29, 1.82) is 0 Å². The molecule has 9 heteroatoms. The Morgan fingerprint density at radius 1 is 1.00 bits per heavy atom. The second-order valence-electron chi connectivity index (χ2n) is 8.64. The molecule has 0 radical (unpaired) electrons. The van der Waals surface area contributed by atoms with Gasteiger partial charge in [-0.15, -0.1) is 11.3 Å². The van der Waals surface area contributed by atoms with Gasteiger partial charge in [0.15, 0.2) is 0 Å². The summed E-state index contributed by atoms with van der Waals surface area (Å²) in [7, 11) is 0. The molecule has 0 N–H and O–H groups in total. The third kappa shape index (κ3) is 5.97. The summed E-state index contributed by atoms with van der Waals surface area (Å²) in [5.74, 6) is -0.0308. The molecule has 2 aromatic heterocycles. The molecule has 4 rings (SSSR count). The molecule has 0 spiro atoms. The molecule has 3 amide bonds. The van der Waals surface area contributed by atoms with Gasteiger partial charge in [0.25, 0.3) is 11.8 Å². The van der Waals surface area contributed by atoms with Crippen molar-refractivity contribution in [3.63, 3.8) is 0 Å². The number of aromatic nitrogens is 2. The average Bonchev–Trinajstić information content (AvgIpc) is 3.53. The summed E-state index contributed by atoms with van der Waals surface area (Å²) < 4.78 is 2.08. The number of carbonyl (C=O) groups excluding carboxylic acids is 3. The van der Waals surface area contributed by atoms with Crippen LogP contribution in [0.3, 0.4) is 0 Å². The first-order chi connectivity index (χ1) is 17.0. The molecule has 1 aliphatic heterocycles. The zero-order valence-corrected chi connectivity index (χ0v) is 21.0. The summed E-state index contributed by atoms with van der Waals surface area (Å²) in [6.45, 7) is 7.50. The molecule has 35 heavy (non-hydrogen) atoms. The Kier molecular flexibility index (Phi) is 7.97. The number of benzene rings is 1. The lowest BCUT2D eigenvalue weighted by atomic mass is 10.2. The zero-order chi connectivity index (χ0) is 24.8. The van der Waals surface area contributed by atoms with Gasteiger partial charge in [0.05, 0.1) is 13.1 Å². The number of hydrogen-bond donors (Lipinski definition) is 0. The maximum atomic E-state index is 13.1. The van der Waals surface area contributed by atoms with Crippen molar-refractivity contribution in [2.75, 3.05) is 32.7 Å². The highest BCUT2D eigenvalue weighted by Crippen LogP contribution is 2.18. The smallest absolute Gasteiger partial charge is 0.273 e. The SMILES string of the molecule is CCCN(Cc1cccn1Cc1nc(C(=O)N2CCN(C(C)=O)CC2)cs1)C(=O)c1ccccc1. The van der Waals surface area contributed by atoms with Crippen LogP contribution in [-0.2, 0) is 17.9 Å². The average molecular weight is 494 g/mol. The fraction of sp³-hybridized carbons (Fsp3) is 0.385. The summed E-state index contributed by atoms with van der Waals surface area (Å²) in [6.07, 6.45) is 2.86. The van der Waals surface area contributed by atoms with Crippen LogP contribution in [0, 0.1) is 0 Å². The molecule has 3 aromatic rings. The molecule has 0 atom stereocenters. The van der Waals surface area contributed by atoms with E-state index in [1.54, 1.807) is 22.1 Å². The Labute approximate surface area is 209 Å². The van der Waals surface area contributed by atoms with E-state index < -0.39 is 0 Å². The molecule has 1 fully saturated rings. The summed E-state index contributed by atoms with van der Waals surface area (Å²) in [4.78, 5) is 47.5. The molecule has 3 heterocycles. The number of thiazole rings is 1. The Bertz CT molecular complexity index is 1160. The first-order valence-corrected chi connectivity index (χ1v) is 12.8. The van der Waals surface area contributed by atoms with Crippen LogP contribution in [0.4, 0.5) is 0 Å². The van der Waals surface area contributed by atoms with E-state index in [0.29, 0.717) is 57.1 Å².